The molecule has 0 aliphatic rings. The van der Waals surface area contributed by atoms with Gasteiger partial charge < -0.3 is 10.2 Å². The van der Waals surface area contributed by atoms with Gasteiger partial charge in [0.25, 0.3) is 5.91 Å². The quantitative estimate of drug-likeness (QED) is 0.764. The van der Waals surface area contributed by atoms with Gasteiger partial charge in [0.2, 0.25) is 10.0 Å². The molecule has 0 unspecified atom stereocenters. The number of sulfonamides is 1. The summed E-state index contributed by atoms with van der Waals surface area (Å²) in [5, 5.41) is 7.03. The standard InChI is InChI=1S/C16H22ClN5O3S/c1-20(2)7-8-22-11-12(10-18-22)19-16(23)14-9-13(5-6-15(14)17)26(24,25)21(3)4/h5-6,9-11H,7-8H2,1-4H3,(H,19,23). The molecule has 0 aliphatic carbocycles. The highest BCUT2D eigenvalue weighted by Crippen LogP contribution is 2.23. The summed E-state index contributed by atoms with van der Waals surface area (Å²) in [7, 11) is 3.11. The Balaban J connectivity index is 2.20. The van der Waals surface area contributed by atoms with Crippen molar-refractivity contribution in [2.75, 3.05) is 40.1 Å². The van der Waals surface area contributed by atoms with E-state index in [0.717, 1.165) is 10.8 Å². The Morgan fingerprint density at radius 1 is 1.27 bits per heavy atom. The van der Waals surface area contributed by atoms with Crippen LogP contribution >= 0.6 is 11.6 Å². The van der Waals surface area contributed by atoms with Gasteiger partial charge in [-0.05, 0) is 32.3 Å². The van der Waals surface area contributed by atoms with E-state index in [1.807, 2.05) is 19.0 Å². The first-order valence-electron chi connectivity index (χ1n) is 7.82. The van der Waals surface area contributed by atoms with E-state index in [2.05, 4.69) is 10.4 Å². The van der Waals surface area contributed by atoms with Crippen molar-refractivity contribution in [1.29, 1.82) is 0 Å². The van der Waals surface area contributed by atoms with Gasteiger partial charge in [0.15, 0.2) is 0 Å². The van der Waals surface area contributed by atoms with E-state index < -0.39 is 15.9 Å². The molecule has 1 amide bonds. The Kier molecular flexibility index (Phi) is 6.40. The lowest BCUT2D eigenvalue weighted by atomic mass is 10.2. The van der Waals surface area contributed by atoms with Gasteiger partial charge >= 0.3 is 0 Å². The van der Waals surface area contributed by atoms with Crippen molar-refractivity contribution in [2.24, 2.45) is 0 Å². The van der Waals surface area contributed by atoms with Gasteiger partial charge in [0, 0.05) is 26.8 Å². The van der Waals surface area contributed by atoms with Crippen LogP contribution in [0.15, 0.2) is 35.5 Å². The molecule has 1 N–H and O–H groups in total. The van der Waals surface area contributed by atoms with Crippen LogP contribution in [0.2, 0.25) is 5.02 Å². The summed E-state index contributed by atoms with van der Waals surface area (Å²) in [5.74, 6) is -0.502. The zero-order valence-corrected chi connectivity index (χ0v) is 16.7. The molecule has 0 saturated carbocycles. The van der Waals surface area contributed by atoms with Gasteiger partial charge in [-0.15, -0.1) is 0 Å². The number of nitrogens with one attached hydrogen (secondary N) is 1. The lowest BCUT2D eigenvalue weighted by Gasteiger charge is -2.13. The number of nitrogens with zero attached hydrogens (tertiary/aromatic N) is 4. The molecule has 2 rings (SSSR count). The first kappa shape index (κ1) is 20.4. The van der Waals surface area contributed by atoms with Gasteiger partial charge in [-0.2, -0.15) is 5.10 Å². The van der Waals surface area contributed by atoms with E-state index in [0.29, 0.717) is 12.2 Å². The Morgan fingerprint density at radius 3 is 2.58 bits per heavy atom. The predicted octanol–water partition coefficient (Wildman–Crippen LogP) is 1.60. The molecule has 0 radical (unpaired) electrons. The number of carbonyl (C=O) groups excluding carboxylic acids is 1. The van der Waals surface area contributed by atoms with Crippen molar-refractivity contribution in [2.45, 2.75) is 11.4 Å². The molecule has 1 aromatic carbocycles. The molecule has 0 bridgehead atoms. The van der Waals surface area contributed by atoms with Crippen LogP contribution < -0.4 is 5.32 Å². The molecular formula is C16H22ClN5O3S. The average molecular weight is 400 g/mol. The molecule has 0 saturated heterocycles. The smallest absolute Gasteiger partial charge is 0.257 e. The normalized spacial score (nSPS) is 12.0. The largest absolute Gasteiger partial charge is 0.319 e. The number of benzene rings is 1. The van der Waals surface area contributed by atoms with Crippen molar-refractivity contribution in [3.8, 4) is 0 Å². The third-order valence-corrected chi connectivity index (χ3v) is 5.77. The highest BCUT2D eigenvalue weighted by molar-refractivity contribution is 7.89. The molecule has 0 aliphatic heterocycles. The van der Waals surface area contributed by atoms with Crippen LogP contribution in [0.4, 0.5) is 5.69 Å². The summed E-state index contributed by atoms with van der Waals surface area (Å²) >= 11 is 6.08. The van der Waals surface area contributed by atoms with Crippen LogP contribution in [-0.2, 0) is 16.6 Å². The number of amides is 1. The van der Waals surface area contributed by atoms with Crippen LogP contribution in [0.1, 0.15) is 10.4 Å². The fraction of sp³-hybridized carbons (Fsp3) is 0.375. The number of anilines is 1. The lowest BCUT2D eigenvalue weighted by molar-refractivity contribution is 0.102. The number of halogens is 1. The second-order valence-electron chi connectivity index (χ2n) is 6.18. The Labute approximate surface area is 158 Å². The molecular weight excluding hydrogens is 378 g/mol. The van der Waals surface area contributed by atoms with Crippen molar-refractivity contribution in [3.63, 3.8) is 0 Å². The summed E-state index contributed by atoms with van der Waals surface area (Å²) in [6.45, 7) is 1.49. The van der Waals surface area contributed by atoms with Crippen LogP contribution in [0.3, 0.4) is 0 Å². The van der Waals surface area contributed by atoms with Crippen LogP contribution in [0, 0.1) is 0 Å². The highest BCUT2D eigenvalue weighted by atomic mass is 35.5. The molecule has 10 heteroatoms. The maximum absolute atomic E-state index is 12.5. The summed E-state index contributed by atoms with van der Waals surface area (Å²) < 4.78 is 27.3. The summed E-state index contributed by atoms with van der Waals surface area (Å²) in [6.07, 6.45) is 3.23. The lowest BCUT2D eigenvalue weighted by Crippen LogP contribution is -2.23. The third kappa shape index (κ3) is 4.82. The maximum atomic E-state index is 12.5. The highest BCUT2D eigenvalue weighted by Gasteiger charge is 2.21. The topological polar surface area (TPSA) is 87.5 Å². The number of aromatic nitrogens is 2. The maximum Gasteiger partial charge on any atom is 0.257 e. The molecule has 1 heterocycles. The Bertz CT molecular complexity index is 893. The molecule has 26 heavy (non-hydrogen) atoms. The third-order valence-electron chi connectivity index (χ3n) is 3.63. The van der Waals surface area contributed by atoms with Crippen LogP contribution in [-0.4, -0.2) is 68.0 Å². The molecule has 8 nitrogen and oxygen atoms in total. The zero-order valence-electron chi connectivity index (χ0n) is 15.1. The minimum absolute atomic E-state index is 0.00118. The zero-order chi connectivity index (χ0) is 19.5. The molecule has 1 aromatic heterocycles. The minimum atomic E-state index is -3.66. The van der Waals surface area contributed by atoms with Gasteiger partial charge in [0.05, 0.1) is 33.9 Å². The van der Waals surface area contributed by atoms with Crippen LogP contribution in [0.25, 0.3) is 0 Å². The fourth-order valence-electron chi connectivity index (χ4n) is 2.10. The Hall–Kier alpha value is -1.94. The van der Waals surface area contributed by atoms with E-state index in [-0.39, 0.29) is 15.5 Å². The number of likely N-dealkylation sites (N-methyl/N-ethyl adjacent to an activating group) is 1. The number of carbonyl (C=O) groups is 1. The number of hydrogen-bond acceptors (Lipinski definition) is 5. The molecule has 142 valence electrons. The van der Waals surface area contributed by atoms with E-state index in [1.54, 1.807) is 10.9 Å². The van der Waals surface area contributed by atoms with Crippen molar-refractivity contribution >= 4 is 33.2 Å². The van der Waals surface area contributed by atoms with Gasteiger partial charge in [-0.3, -0.25) is 9.48 Å². The van der Waals surface area contributed by atoms with Gasteiger partial charge in [-0.1, -0.05) is 11.6 Å². The average Bonchev–Trinajstić information content (AvgIpc) is 3.00. The van der Waals surface area contributed by atoms with Crippen LogP contribution in [0.5, 0.6) is 0 Å². The van der Waals surface area contributed by atoms with E-state index >= 15 is 0 Å². The molecule has 0 fully saturated rings. The van der Waals surface area contributed by atoms with Gasteiger partial charge in [-0.25, -0.2) is 12.7 Å². The Morgan fingerprint density at radius 2 is 1.96 bits per heavy atom. The monoisotopic (exact) mass is 399 g/mol. The number of hydrogen-bond donors (Lipinski definition) is 1. The second-order valence-corrected chi connectivity index (χ2v) is 8.74. The minimum Gasteiger partial charge on any atom is -0.319 e. The SMILES string of the molecule is CN(C)CCn1cc(NC(=O)c2cc(S(=O)(=O)N(C)C)ccc2Cl)cn1. The summed E-state index contributed by atoms with van der Waals surface area (Å²) in [6, 6.07) is 4.03. The fourth-order valence-corrected chi connectivity index (χ4v) is 3.23. The summed E-state index contributed by atoms with van der Waals surface area (Å²) in [4.78, 5) is 14.5. The molecule has 0 spiro atoms. The first-order chi connectivity index (χ1) is 12.1. The molecule has 2 aromatic rings. The van der Waals surface area contributed by atoms with Crippen molar-refractivity contribution < 1.29 is 13.2 Å². The first-order valence-corrected chi connectivity index (χ1v) is 9.63. The summed E-state index contributed by atoms with van der Waals surface area (Å²) in [5.41, 5.74) is 0.585. The van der Waals surface area contributed by atoms with Crippen molar-refractivity contribution in [1.82, 2.24) is 19.0 Å². The predicted molar refractivity (Wildman–Crippen MR) is 101 cm³/mol. The van der Waals surface area contributed by atoms with Crippen molar-refractivity contribution in [3.05, 3.63) is 41.2 Å². The van der Waals surface area contributed by atoms with Gasteiger partial charge in [0.1, 0.15) is 0 Å². The number of rotatable bonds is 7. The second kappa shape index (κ2) is 8.17. The van der Waals surface area contributed by atoms with E-state index in [9.17, 15) is 13.2 Å². The van der Waals surface area contributed by atoms with E-state index in [1.165, 1.54) is 38.5 Å². The van der Waals surface area contributed by atoms with E-state index in [4.69, 9.17) is 11.6 Å². The molecule has 0 atom stereocenters.